The Morgan fingerprint density at radius 1 is 1.65 bits per heavy atom. The Labute approximate surface area is 100 Å². The summed E-state index contributed by atoms with van der Waals surface area (Å²) >= 11 is 0. The van der Waals surface area contributed by atoms with Crippen molar-refractivity contribution in [2.45, 2.75) is 32.3 Å². The summed E-state index contributed by atoms with van der Waals surface area (Å²) in [6.45, 7) is 2.30. The first-order valence-corrected chi connectivity index (χ1v) is 5.93. The Hall–Kier alpha value is -1.36. The maximum atomic E-state index is 12.0. The fraction of sp³-hybridized carbons (Fsp3) is 0.667. The minimum Gasteiger partial charge on any atom is -0.448 e. The van der Waals surface area contributed by atoms with Crippen molar-refractivity contribution < 1.29 is 14.3 Å². The second-order valence-corrected chi connectivity index (χ2v) is 4.70. The molecule has 0 radical (unpaired) electrons. The van der Waals surface area contributed by atoms with E-state index in [-0.39, 0.29) is 17.9 Å². The average Bonchev–Trinajstić information content (AvgIpc) is 2.88. The van der Waals surface area contributed by atoms with Crippen molar-refractivity contribution in [3.8, 4) is 0 Å². The second-order valence-electron chi connectivity index (χ2n) is 4.70. The number of aliphatic hydroxyl groups is 1. The van der Waals surface area contributed by atoms with Crippen LogP contribution in [0.1, 0.15) is 35.5 Å². The minimum atomic E-state index is -0.274. The highest BCUT2D eigenvalue weighted by Gasteiger charge is 2.28. The van der Waals surface area contributed by atoms with Crippen molar-refractivity contribution in [3.63, 3.8) is 0 Å². The summed E-state index contributed by atoms with van der Waals surface area (Å²) in [6.07, 6.45) is 3.87. The molecule has 2 atom stereocenters. The van der Waals surface area contributed by atoms with Gasteiger partial charge in [0.05, 0.1) is 6.10 Å². The molecule has 0 bridgehead atoms. The number of hydrogen-bond donors (Lipinski definition) is 1. The van der Waals surface area contributed by atoms with E-state index >= 15 is 0 Å². The van der Waals surface area contributed by atoms with Crippen LogP contribution in [0.3, 0.4) is 0 Å². The standard InChI is InChI=1S/C12H18N2O3/c1-8-11(13-7-17-8)12(16)14(2)6-9-4-3-5-10(9)15/h7,9-10,15H,3-6H2,1-2H3. The van der Waals surface area contributed by atoms with Crippen LogP contribution in [-0.2, 0) is 0 Å². The van der Waals surface area contributed by atoms with Crippen molar-refractivity contribution >= 4 is 5.91 Å². The van der Waals surface area contributed by atoms with Crippen molar-refractivity contribution in [3.05, 3.63) is 17.8 Å². The normalized spacial score (nSPS) is 23.9. The zero-order valence-electron chi connectivity index (χ0n) is 10.2. The molecule has 94 valence electrons. The van der Waals surface area contributed by atoms with Gasteiger partial charge < -0.3 is 14.4 Å². The fourth-order valence-corrected chi connectivity index (χ4v) is 2.36. The Morgan fingerprint density at radius 2 is 2.41 bits per heavy atom. The first-order chi connectivity index (χ1) is 8.09. The third-order valence-electron chi connectivity index (χ3n) is 3.42. The van der Waals surface area contributed by atoms with E-state index in [9.17, 15) is 9.90 Å². The summed E-state index contributed by atoms with van der Waals surface area (Å²) < 4.78 is 5.02. The van der Waals surface area contributed by atoms with Gasteiger partial charge in [0.25, 0.3) is 5.91 Å². The van der Waals surface area contributed by atoms with Gasteiger partial charge in [0.15, 0.2) is 12.1 Å². The lowest BCUT2D eigenvalue weighted by Crippen LogP contribution is -2.34. The Balaban J connectivity index is 1.98. The van der Waals surface area contributed by atoms with Gasteiger partial charge in [-0.15, -0.1) is 0 Å². The molecule has 0 aliphatic heterocycles. The number of rotatable bonds is 3. The zero-order valence-corrected chi connectivity index (χ0v) is 10.2. The van der Waals surface area contributed by atoms with Gasteiger partial charge in [-0.3, -0.25) is 4.79 Å². The van der Waals surface area contributed by atoms with E-state index in [4.69, 9.17) is 4.42 Å². The van der Waals surface area contributed by atoms with E-state index in [1.165, 1.54) is 6.39 Å². The molecule has 2 rings (SSSR count). The van der Waals surface area contributed by atoms with Crippen molar-refractivity contribution in [2.24, 2.45) is 5.92 Å². The highest BCUT2D eigenvalue weighted by atomic mass is 16.3. The maximum Gasteiger partial charge on any atom is 0.275 e. The Morgan fingerprint density at radius 3 is 2.94 bits per heavy atom. The van der Waals surface area contributed by atoms with E-state index in [0.29, 0.717) is 18.0 Å². The SMILES string of the molecule is Cc1ocnc1C(=O)N(C)CC1CCCC1O. The summed E-state index contributed by atoms with van der Waals surface area (Å²) in [5, 5.41) is 9.73. The summed E-state index contributed by atoms with van der Waals surface area (Å²) in [4.78, 5) is 17.6. The first kappa shape index (κ1) is 12.1. The van der Waals surface area contributed by atoms with E-state index in [1.54, 1.807) is 18.9 Å². The van der Waals surface area contributed by atoms with Gasteiger partial charge in [0, 0.05) is 19.5 Å². The molecular weight excluding hydrogens is 220 g/mol. The van der Waals surface area contributed by atoms with Crippen molar-refractivity contribution in [1.29, 1.82) is 0 Å². The monoisotopic (exact) mass is 238 g/mol. The molecule has 5 heteroatoms. The molecule has 0 aromatic carbocycles. The van der Waals surface area contributed by atoms with Crippen LogP contribution in [0.25, 0.3) is 0 Å². The molecule has 17 heavy (non-hydrogen) atoms. The number of carbonyl (C=O) groups is 1. The molecule has 0 saturated heterocycles. The fourth-order valence-electron chi connectivity index (χ4n) is 2.36. The predicted molar refractivity (Wildman–Crippen MR) is 61.5 cm³/mol. The minimum absolute atomic E-state index is 0.143. The van der Waals surface area contributed by atoms with Crippen LogP contribution in [0.15, 0.2) is 10.8 Å². The first-order valence-electron chi connectivity index (χ1n) is 5.93. The van der Waals surface area contributed by atoms with Gasteiger partial charge in [-0.05, 0) is 19.8 Å². The van der Waals surface area contributed by atoms with E-state index in [1.807, 2.05) is 0 Å². The summed E-state index contributed by atoms with van der Waals surface area (Å²) in [5.74, 6) is 0.584. The molecule has 0 spiro atoms. The molecule has 1 aliphatic rings. The third-order valence-corrected chi connectivity index (χ3v) is 3.42. The lowest BCUT2D eigenvalue weighted by atomic mass is 10.1. The topological polar surface area (TPSA) is 66.6 Å². The molecule has 1 aliphatic carbocycles. The molecule has 2 unspecified atom stereocenters. The number of hydrogen-bond acceptors (Lipinski definition) is 4. The molecule has 5 nitrogen and oxygen atoms in total. The highest BCUT2D eigenvalue weighted by molar-refractivity contribution is 5.92. The molecule has 1 aromatic rings. The quantitative estimate of drug-likeness (QED) is 0.859. The number of oxazole rings is 1. The van der Waals surface area contributed by atoms with Crippen LogP contribution in [-0.4, -0.2) is 40.6 Å². The molecular formula is C12H18N2O3. The summed E-state index contributed by atoms with van der Waals surface area (Å²) in [6, 6.07) is 0. The van der Waals surface area contributed by atoms with Crippen LogP contribution in [0.2, 0.25) is 0 Å². The van der Waals surface area contributed by atoms with Crippen LogP contribution in [0, 0.1) is 12.8 Å². The zero-order chi connectivity index (χ0) is 12.4. The number of aromatic nitrogens is 1. The predicted octanol–water partition coefficient (Wildman–Crippen LogP) is 1.22. The lowest BCUT2D eigenvalue weighted by Gasteiger charge is -2.22. The maximum absolute atomic E-state index is 12.0. The van der Waals surface area contributed by atoms with Gasteiger partial charge in [0.2, 0.25) is 0 Å². The lowest BCUT2D eigenvalue weighted by molar-refractivity contribution is 0.0687. The third kappa shape index (κ3) is 2.49. The molecule has 1 N–H and O–H groups in total. The molecule has 1 saturated carbocycles. The van der Waals surface area contributed by atoms with E-state index in [2.05, 4.69) is 4.98 Å². The number of nitrogens with zero attached hydrogens (tertiary/aromatic N) is 2. The number of aryl methyl sites for hydroxylation is 1. The molecule has 1 amide bonds. The smallest absolute Gasteiger partial charge is 0.275 e. The largest absolute Gasteiger partial charge is 0.448 e. The number of amides is 1. The number of carbonyl (C=O) groups excluding carboxylic acids is 1. The average molecular weight is 238 g/mol. The summed E-state index contributed by atoms with van der Waals surface area (Å²) in [7, 11) is 1.74. The van der Waals surface area contributed by atoms with Crippen LogP contribution in [0.4, 0.5) is 0 Å². The van der Waals surface area contributed by atoms with E-state index in [0.717, 1.165) is 19.3 Å². The molecule has 1 heterocycles. The Bertz CT molecular complexity index is 402. The number of aliphatic hydroxyl groups excluding tert-OH is 1. The second kappa shape index (κ2) is 4.87. The van der Waals surface area contributed by atoms with Crippen LogP contribution in [0.5, 0.6) is 0 Å². The van der Waals surface area contributed by atoms with Crippen LogP contribution < -0.4 is 0 Å². The van der Waals surface area contributed by atoms with Crippen molar-refractivity contribution in [1.82, 2.24) is 9.88 Å². The van der Waals surface area contributed by atoms with Gasteiger partial charge in [-0.25, -0.2) is 4.98 Å². The van der Waals surface area contributed by atoms with E-state index < -0.39 is 0 Å². The highest BCUT2D eigenvalue weighted by Crippen LogP contribution is 2.26. The van der Waals surface area contributed by atoms with Crippen molar-refractivity contribution in [2.75, 3.05) is 13.6 Å². The van der Waals surface area contributed by atoms with Gasteiger partial charge >= 0.3 is 0 Å². The van der Waals surface area contributed by atoms with Crippen LogP contribution >= 0.6 is 0 Å². The van der Waals surface area contributed by atoms with Gasteiger partial charge in [-0.2, -0.15) is 0 Å². The Kier molecular flexibility index (Phi) is 3.47. The van der Waals surface area contributed by atoms with Gasteiger partial charge in [0.1, 0.15) is 5.76 Å². The van der Waals surface area contributed by atoms with Gasteiger partial charge in [-0.1, -0.05) is 6.42 Å². The summed E-state index contributed by atoms with van der Waals surface area (Å²) in [5.41, 5.74) is 0.361. The molecule has 1 aromatic heterocycles. The molecule has 1 fully saturated rings.